The van der Waals surface area contributed by atoms with Crippen LogP contribution in [-0.4, -0.2) is 54.3 Å². The third kappa shape index (κ3) is 6.41. The standard InChI is InChI=1S/C21H25ClFN3OS/c22-19-7-1-2-8-20(19)24-21(28)26(16-17-5-3-6-18(23)15-17)10-4-9-25-11-13-27-14-12-25/h1-3,5-8,15H,4,9-14,16H2,(H,24,28). The minimum absolute atomic E-state index is 0.240. The molecule has 1 aliphatic heterocycles. The van der Waals surface area contributed by atoms with Crippen LogP contribution in [-0.2, 0) is 11.3 Å². The fourth-order valence-electron chi connectivity index (χ4n) is 3.17. The molecule has 1 N–H and O–H groups in total. The van der Waals surface area contributed by atoms with E-state index in [9.17, 15) is 4.39 Å². The van der Waals surface area contributed by atoms with Gasteiger partial charge in [0, 0.05) is 32.7 Å². The van der Waals surface area contributed by atoms with Gasteiger partial charge in [-0.15, -0.1) is 0 Å². The number of thiocarbonyl (C=S) groups is 1. The highest BCUT2D eigenvalue weighted by Crippen LogP contribution is 2.21. The number of rotatable bonds is 7. The summed E-state index contributed by atoms with van der Waals surface area (Å²) in [5.74, 6) is -0.240. The predicted octanol–water partition coefficient (Wildman–Crippen LogP) is 4.40. The quantitative estimate of drug-likeness (QED) is 0.669. The van der Waals surface area contributed by atoms with Crippen LogP contribution in [0.2, 0.25) is 5.02 Å². The Morgan fingerprint density at radius 3 is 2.71 bits per heavy atom. The molecule has 2 aromatic rings. The largest absolute Gasteiger partial charge is 0.379 e. The molecule has 1 saturated heterocycles. The van der Waals surface area contributed by atoms with Crippen LogP contribution in [0.1, 0.15) is 12.0 Å². The van der Waals surface area contributed by atoms with Crippen molar-refractivity contribution >= 4 is 34.6 Å². The highest BCUT2D eigenvalue weighted by atomic mass is 35.5. The Balaban J connectivity index is 1.64. The van der Waals surface area contributed by atoms with Crippen molar-refractivity contribution in [3.63, 3.8) is 0 Å². The van der Waals surface area contributed by atoms with Gasteiger partial charge in [0.2, 0.25) is 0 Å². The van der Waals surface area contributed by atoms with E-state index in [4.69, 9.17) is 28.6 Å². The van der Waals surface area contributed by atoms with Crippen LogP contribution in [0.15, 0.2) is 48.5 Å². The van der Waals surface area contributed by atoms with Gasteiger partial charge in [0.15, 0.2) is 5.11 Å². The van der Waals surface area contributed by atoms with Crippen molar-refractivity contribution in [1.82, 2.24) is 9.80 Å². The third-order valence-electron chi connectivity index (χ3n) is 4.67. The van der Waals surface area contributed by atoms with Crippen molar-refractivity contribution in [2.75, 3.05) is 44.7 Å². The summed E-state index contributed by atoms with van der Waals surface area (Å²) in [6, 6.07) is 14.1. The maximum Gasteiger partial charge on any atom is 0.173 e. The number of benzene rings is 2. The summed E-state index contributed by atoms with van der Waals surface area (Å²) < 4.78 is 19.0. The van der Waals surface area contributed by atoms with Crippen molar-refractivity contribution in [2.45, 2.75) is 13.0 Å². The first-order valence-corrected chi connectivity index (χ1v) is 10.3. The average Bonchev–Trinajstić information content (AvgIpc) is 2.70. The number of nitrogens with zero attached hydrogens (tertiary/aromatic N) is 2. The van der Waals surface area contributed by atoms with Gasteiger partial charge in [-0.3, -0.25) is 4.90 Å². The fourth-order valence-corrected chi connectivity index (χ4v) is 3.62. The van der Waals surface area contributed by atoms with Crippen LogP contribution in [0.3, 0.4) is 0 Å². The van der Waals surface area contributed by atoms with E-state index in [0.29, 0.717) is 16.7 Å². The lowest BCUT2D eigenvalue weighted by Crippen LogP contribution is -2.40. The summed E-state index contributed by atoms with van der Waals surface area (Å²) in [4.78, 5) is 4.46. The van der Waals surface area contributed by atoms with Gasteiger partial charge in [-0.05, 0) is 48.5 Å². The van der Waals surface area contributed by atoms with E-state index in [1.165, 1.54) is 6.07 Å². The Hall–Kier alpha value is -1.73. The minimum atomic E-state index is -0.240. The van der Waals surface area contributed by atoms with E-state index in [1.54, 1.807) is 12.1 Å². The van der Waals surface area contributed by atoms with Gasteiger partial charge in [0.25, 0.3) is 0 Å². The maximum absolute atomic E-state index is 13.6. The molecule has 0 spiro atoms. The normalized spacial score (nSPS) is 14.6. The summed E-state index contributed by atoms with van der Waals surface area (Å²) >= 11 is 11.9. The van der Waals surface area contributed by atoms with Crippen molar-refractivity contribution in [2.24, 2.45) is 0 Å². The summed E-state index contributed by atoms with van der Waals surface area (Å²) in [5, 5.41) is 4.43. The molecule has 2 aromatic carbocycles. The number of hydrogen-bond donors (Lipinski definition) is 1. The molecule has 0 amide bonds. The molecule has 7 heteroatoms. The Kier molecular flexibility index (Phi) is 8.03. The Bertz CT molecular complexity index is 786. The molecule has 1 fully saturated rings. The van der Waals surface area contributed by atoms with Gasteiger partial charge in [-0.2, -0.15) is 0 Å². The van der Waals surface area contributed by atoms with E-state index in [0.717, 1.165) is 57.1 Å². The summed E-state index contributed by atoms with van der Waals surface area (Å²) in [6.07, 6.45) is 0.958. The molecule has 0 atom stereocenters. The SMILES string of the molecule is Fc1cccc(CN(CCCN2CCOCC2)C(=S)Nc2ccccc2Cl)c1. The molecule has 4 nitrogen and oxygen atoms in total. The van der Waals surface area contributed by atoms with Crippen LogP contribution in [0.25, 0.3) is 0 Å². The number of halogens is 2. The first-order valence-electron chi connectivity index (χ1n) is 9.47. The molecule has 0 saturated carbocycles. The van der Waals surface area contributed by atoms with Gasteiger partial charge in [-0.25, -0.2) is 4.39 Å². The molecule has 0 aromatic heterocycles. The number of nitrogens with one attached hydrogen (secondary N) is 1. The van der Waals surface area contributed by atoms with Crippen molar-refractivity contribution in [3.05, 3.63) is 64.9 Å². The van der Waals surface area contributed by atoms with Crippen molar-refractivity contribution in [1.29, 1.82) is 0 Å². The summed E-state index contributed by atoms with van der Waals surface area (Å²) in [5.41, 5.74) is 1.65. The first-order chi connectivity index (χ1) is 13.6. The van der Waals surface area contributed by atoms with Gasteiger partial charge < -0.3 is 15.0 Å². The number of ether oxygens (including phenoxy) is 1. The van der Waals surface area contributed by atoms with Crippen molar-refractivity contribution < 1.29 is 9.13 Å². The Morgan fingerprint density at radius 2 is 1.96 bits per heavy atom. The summed E-state index contributed by atoms with van der Waals surface area (Å²) in [7, 11) is 0. The van der Waals surface area contributed by atoms with Gasteiger partial charge in [0.05, 0.1) is 23.9 Å². The fraction of sp³-hybridized carbons (Fsp3) is 0.381. The van der Waals surface area contributed by atoms with E-state index in [-0.39, 0.29) is 5.82 Å². The zero-order valence-electron chi connectivity index (χ0n) is 15.7. The zero-order valence-corrected chi connectivity index (χ0v) is 17.3. The highest BCUT2D eigenvalue weighted by Gasteiger charge is 2.15. The Labute approximate surface area is 176 Å². The third-order valence-corrected chi connectivity index (χ3v) is 5.36. The van der Waals surface area contributed by atoms with Gasteiger partial charge >= 0.3 is 0 Å². The second kappa shape index (κ2) is 10.7. The number of para-hydroxylation sites is 1. The molecule has 0 unspecified atom stereocenters. The molecule has 0 radical (unpaired) electrons. The molecule has 0 aliphatic carbocycles. The lowest BCUT2D eigenvalue weighted by Gasteiger charge is -2.30. The first kappa shape index (κ1) is 21.0. The lowest BCUT2D eigenvalue weighted by molar-refractivity contribution is 0.0368. The molecule has 150 valence electrons. The van der Waals surface area contributed by atoms with E-state index >= 15 is 0 Å². The molecule has 0 bridgehead atoms. The van der Waals surface area contributed by atoms with Gasteiger partial charge in [-0.1, -0.05) is 35.9 Å². The van der Waals surface area contributed by atoms with E-state index in [2.05, 4.69) is 15.1 Å². The van der Waals surface area contributed by atoms with Crippen molar-refractivity contribution in [3.8, 4) is 0 Å². The monoisotopic (exact) mass is 421 g/mol. The molecule has 1 heterocycles. The summed E-state index contributed by atoms with van der Waals surface area (Å²) in [6.45, 7) is 5.80. The van der Waals surface area contributed by atoms with Gasteiger partial charge in [0.1, 0.15) is 5.82 Å². The van der Waals surface area contributed by atoms with Crippen LogP contribution in [0, 0.1) is 5.82 Å². The highest BCUT2D eigenvalue weighted by molar-refractivity contribution is 7.80. The van der Waals surface area contributed by atoms with E-state index in [1.807, 2.05) is 30.3 Å². The minimum Gasteiger partial charge on any atom is -0.379 e. The second-order valence-corrected chi connectivity index (χ2v) is 7.56. The molecule has 28 heavy (non-hydrogen) atoms. The van der Waals surface area contributed by atoms with E-state index < -0.39 is 0 Å². The molecular formula is C21H25ClFN3OS. The van der Waals surface area contributed by atoms with Crippen LogP contribution in [0.4, 0.5) is 10.1 Å². The topological polar surface area (TPSA) is 27.7 Å². The smallest absolute Gasteiger partial charge is 0.173 e. The second-order valence-electron chi connectivity index (χ2n) is 6.77. The lowest BCUT2D eigenvalue weighted by atomic mass is 10.2. The molecule has 3 rings (SSSR count). The predicted molar refractivity (Wildman–Crippen MR) is 116 cm³/mol. The van der Waals surface area contributed by atoms with Crippen LogP contribution < -0.4 is 5.32 Å². The molecular weight excluding hydrogens is 397 g/mol. The average molecular weight is 422 g/mol. The maximum atomic E-state index is 13.6. The zero-order chi connectivity index (χ0) is 19.8. The number of hydrogen-bond acceptors (Lipinski definition) is 3. The Morgan fingerprint density at radius 1 is 1.18 bits per heavy atom. The number of morpholine rings is 1. The molecule has 1 aliphatic rings. The van der Waals surface area contributed by atoms with Crippen LogP contribution >= 0.6 is 23.8 Å². The van der Waals surface area contributed by atoms with Crippen LogP contribution in [0.5, 0.6) is 0 Å². The number of anilines is 1.